The smallest absolute Gasteiger partial charge is 0.119 e. The average molecular weight is 340 g/mol. The highest BCUT2D eigenvalue weighted by atomic mass is 16.5. The summed E-state index contributed by atoms with van der Waals surface area (Å²) in [6.07, 6.45) is 0. The molecular formula is C23H33NO. The normalized spacial score (nSPS) is 12.4. The summed E-state index contributed by atoms with van der Waals surface area (Å²) in [6.45, 7) is 16.0. The molecular weight excluding hydrogens is 306 g/mol. The third-order valence-corrected chi connectivity index (χ3v) is 4.52. The molecule has 0 heterocycles. The van der Waals surface area contributed by atoms with Crippen molar-refractivity contribution in [2.75, 3.05) is 13.2 Å². The molecule has 25 heavy (non-hydrogen) atoms. The van der Waals surface area contributed by atoms with Crippen LogP contribution in [0.15, 0.2) is 54.6 Å². The fourth-order valence-electron chi connectivity index (χ4n) is 2.78. The van der Waals surface area contributed by atoms with E-state index in [1.165, 1.54) is 11.1 Å². The summed E-state index contributed by atoms with van der Waals surface area (Å²) in [5, 5.41) is 0. The standard InChI is InChI=1S/C23H33NO/c1-22(2,3)20-12-14-21(15-13-20)25-17-16-24(23(4,5)6)18-19-10-8-7-9-11-19/h7-15H,16-18H2,1-6H3. The minimum atomic E-state index is 0.106. The second-order valence-corrected chi connectivity index (χ2v) is 8.70. The molecule has 2 aromatic carbocycles. The molecule has 0 aliphatic rings. The first-order chi connectivity index (χ1) is 11.7. The summed E-state index contributed by atoms with van der Waals surface area (Å²) in [7, 11) is 0. The monoisotopic (exact) mass is 339 g/mol. The van der Waals surface area contributed by atoms with Crippen LogP contribution in [0.25, 0.3) is 0 Å². The third kappa shape index (κ3) is 6.21. The Hall–Kier alpha value is -1.80. The van der Waals surface area contributed by atoms with E-state index in [4.69, 9.17) is 4.74 Å². The second-order valence-electron chi connectivity index (χ2n) is 8.70. The summed E-state index contributed by atoms with van der Waals surface area (Å²) in [4.78, 5) is 2.46. The lowest BCUT2D eigenvalue weighted by Crippen LogP contribution is -2.43. The van der Waals surface area contributed by atoms with Crippen LogP contribution < -0.4 is 4.74 Å². The Balaban J connectivity index is 1.92. The molecule has 0 saturated heterocycles. The highest BCUT2D eigenvalue weighted by Gasteiger charge is 2.21. The van der Waals surface area contributed by atoms with Crippen LogP contribution >= 0.6 is 0 Å². The third-order valence-electron chi connectivity index (χ3n) is 4.52. The quantitative estimate of drug-likeness (QED) is 0.673. The first-order valence-corrected chi connectivity index (χ1v) is 9.18. The van der Waals surface area contributed by atoms with E-state index in [1.54, 1.807) is 0 Å². The van der Waals surface area contributed by atoms with Crippen molar-refractivity contribution < 1.29 is 4.74 Å². The number of hydrogen-bond donors (Lipinski definition) is 0. The SMILES string of the molecule is CC(C)(C)c1ccc(OCCN(Cc2ccccc2)C(C)(C)C)cc1. The average Bonchev–Trinajstić information content (AvgIpc) is 2.53. The Bertz CT molecular complexity index is 633. The maximum Gasteiger partial charge on any atom is 0.119 e. The van der Waals surface area contributed by atoms with Crippen molar-refractivity contribution in [3.05, 3.63) is 65.7 Å². The van der Waals surface area contributed by atoms with Crippen molar-refractivity contribution in [2.45, 2.75) is 59.0 Å². The molecule has 0 N–H and O–H groups in total. The molecule has 0 aliphatic heterocycles. The van der Waals surface area contributed by atoms with Crippen LogP contribution in [-0.2, 0) is 12.0 Å². The lowest BCUT2D eigenvalue weighted by Gasteiger charge is -2.35. The van der Waals surface area contributed by atoms with Crippen molar-refractivity contribution in [3.8, 4) is 5.75 Å². The minimum Gasteiger partial charge on any atom is -0.492 e. The molecule has 2 heteroatoms. The molecule has 0 aliphatic carbocycles. The lowest BCUT2D eigenvalue weighted by molar-refractivity contribution is 0.104. The Kier molecular flexibility index (Phi) is 6.29. The van der Waals surface area contributed by atoms with Crippen molar-refractivity contribution in [3.63, 3.8) is 0 Å². The topological polar surface area (TPSA) is 12.5 Å². The molecule has 0 unspecified atom stereocenters. The predicted octanol–water partition coefficient (Wildman–Crippen LogP) is 5.66. The van der Waals surface area contributed by atoms with E-state index in [1.807, 2.05) is 0 Å². The molecule has 0 radical (unpaired) electrons. The van der Waals surface area contributed by atoms with Crippen LogP contribution in [0, 0.1) is 0 Å². The largest absolute Gasteiger partial charge is 0.492 e. The van der Waals surface area contributed by atoms with E-state index in [0.717, 1.165) is 18.8 Å². The minimum absolute atomic E-state index is 0.106. The van der Waals surface area contributed by atoms with Crippen LogP contribution in [0.3, 0.4) is 0 Å². The van der Waals surface area contributed by atoms with Gasteiger partial charge in [-0.3, -0.25) is 4.90 Å². The van der Waals surface area contributed by atoms with E-state index in [2.05, 4.69) is 101 Å². The van der Waals surface area contributed by atoms with Crippen LogP contribution in [-0.4, -0.2) is 23.6 Å². The zero-order valence-electron chi connectivity index (χ0n) is 16.7. The fraction of sp³-hybridized carbons (Fsp3) is 0.478. The van der Waals surface area contributed by atoms with E-state index >= 15 is 0 Å². The Morgan fingerprint density at radius 3 is 1.92 bits per heavy atom. The van der Waals surface area contributed by atoms with Crippen molar-refractivity contribution in [1.82, 2.24) is 4.90 Å². The van der Waals surface area contributed by atoms with Gasteiger partial charge in [0, 0.05) is 18.6 Å². The van der Waals surface area contributed by atoms with Crippen molar-refractivity contribution in [1.29, 1.82) is 0 Å². The molecule has 0 amide bonds. The predicted molar refractivity (Wildman–Crippen MR) is 107 cm³/mol. The molecule has 0 fully saturated rings. The maximum absolute atomic E-state index is 6.00. The number of benzene rings is 2. The fourth-order valence-corrected chi connectivity index (χ4v) is 2.78. The molecule has 0 saturated carbocycles. The van der Waals surface area contributed by atoms with Gasteiger partial charge in [0.05, 0.1) is 0 Å². The second kappa shape index (κ2) is 8.05. The maximum atomic E-state index is 6.00. The summed E-state index contributed by atoms with van der Waals surface area (Å²) >= 11 is 0. The van der Waals surface area contributed by atoms with E-state index in [0.29, 0.717) is 6.61 Å². The lowest BCUT2D eigenvalue weighted by atomic mass is 9.87. The molecule has 136 valence electrons. The highest BCUT2D eigenvalue weighted by molar-refractivity contribution is 5.31. The van der Waals surface area contributed by atoms with Crippen LogP contribution in [0.5, 0.6) is 5.75 Å². The molecule has 2 aromatic rings. The van der Waals surface area contributed by atoms with Crippen molar-refractivity contribution in [2.24, 2.45) is 0 Å². The Labute approximate surface area is 153 Å². The van der Waals surface area contributed by atoms with Gasteiger partial charge in [-0.15, -0.1) is 0 Å². The van der Waals surface area contributed by atoms with Gasteiger partial charge in [0.2, 0.25) is 0 Å². The Morgan fingerprint density at radius 2 is 1.40 bits per heavy atom. The molecule has 0 bridgehead atoms. The molecule has 0 aromatic heterocycles. The van der Waals surface area contributed by atoms with Gasteiger partial charge in [-0.25, -0.2) is 0 Å². The van der Waals surface area contributed by atoms with Gasteiger partial charge in [-0.1, -0.05) is 63.2 Å². The first kappa shape index (κ1) is 19.5. The molecule has 2 nitrogen and oxygen atoms in total. The summed E-state index contributed by atoms with van der Waals surface area (Å²) in [6, 6.07) is 19.1. The van der Waals surface area contributed by atoms with Gasteiger partial charge in [0.1, 0.15) is 12.4 Å². The van der Waals surface area contributed by atoms with Gasteiger partial charge in [0.25, 0.3) is 0 Å². The van der Waals surface area contributed by atoms with E-state index in [-0.39, 0.29) is 11.0 Å². The van der Waals surface area contributed by atoms with Gasteiger partial charge >= 0.3 is 0 Å². The summed E-state index contributed by atoms with van der Waals surface area (Å²) in [5.41, 5.74) is 2.96. The van der Waals surface area contributed by atoms with E-state index < -0.39 is 0 Å². The number of rotatable bonds is 6. The van der Waals surface area contributed by atoms with Gasteiger partial charge in [0.15, 0.2) is 0 Å². The Morgan fingerprint density at radius 1 is 0.800 bits per heavy atom. The van der Waals surface area contributed by atoms with Gasteiger partial charge in [-0.2, -0.15) is 0 Å². The molecule has 0 spiro atoms. The number of ether oxygens (including phenoxy) is 1. The number of hydrogen-bond acceptors (Lipinski definition) is 2. The van der Waals surface area contributed by atoms with Gasteiger partial charge in [-0.05, 0) is 49.4 Å². The van der Waals surface area contributed by atoms with Crippen LogP contribution in [0.1, 0.15) is 52.7 Å². The summed E-state index contributed by atoms with van der Waals surface area (Å²) in [5.74, 6) is 0.946. The zero-order chi connectivity index (χ0) is 18.5. The van der Waals surface area contributed by atoms with Crippen molar-refractivity contribution >= 4 is 0 Å². The molecule has 0 atom stereocenters. The first-order valence-electron chi connectivity index (χ1n) is 9.18. The van der Waals surface area contributed by atoms with Gasteiger partial charge < -0.3 is 4.74 Å². The summed E-state index contributed by atoms with van der Waals surface area (Å²) < 4.78 is 6.00. The van der Waals surface area contributed by atoms with Crippen LogP contribution in [0.4, 0.5) is 0 Å². The molecule has 2 rings (SSSR count). The van der Waals surface area contributed by atoms with Crippen LogP contribution in [0.2, 0.25) is 0 Å². The zero-order valence-corrected chi connectivity index (χ0v) is 16.7. The number of nitrogens with zero attached hydrogens (tertiary/aromatic N) is 1. The van der Waals surface area contributed by atoms with E-state index in [9.17, 15) is 0 Å². The highest BCUT2D eigenvalue weighted by Crippen LogP contribution is 2.24.